The second-order valence-corrected chi connectivity index (χ2v) is 5.72. The van der Waals surface area contributed by atoms with Crippen molar-refractivity contribution in [3.8, 4) is 17.5 Å². The minimum Gasteiger partial charge on any atom is -0.493 e. The van der Waals surface area contributed by atoms with E-state index >= 15 is 0 Å². The Hall–Kier alpha value is -3.49. The molecule has 9 heteroatoms. The Morgan fingerprint density at radius 2 is 2.23 bits per heavy atom. The van der Waals surface area contributed by atoms with Gasteiger partial charge in [-0.15, -0.1) is 0 Å². The highest BCUT2D eigenvalue weighted by Gasteiger charge is 2.16. The quantitative estimate of drug-likeness (QED) is 0.678. The van der Waals surface area contributed by atoms with E-state index in [0.717, 1.165) is 5.56 Å². The number of anilines is 1. The van der Waals surface area contributed by atoms with Crippen molar-refractivity contribution in [3.63, 3.8) is 0 Å². The molecule has 0 fully saturated rings. The van der Waals surface area contributed by atoms with Gasteiger partial charge in [0, 0.05) is 6.42 Å². The molecular formula is C17H17N5O4. The van der Waals surface area contributed by atoms with Crippen molar-refractivity contribution < 1.29 is 14.2 Å². The molecule has 3 heterocycles. The van der Waals surface area contributed by atoms with Gasteiger partial charge in [0.05, 0.1) is 26.5 Å². The van der Waals surface area contributed by atoms with Crippen LogP contribution in [0.5, 0.6) is 17.5 Å². The Bertz CT molecular complexity index is 1050. The van der Waals surface area contributed by atoms with Crippen LogP contribution in [0.3, 0.4) is 0 Å². The number of fused-ring (bicyclic) bond motifs is 3. The Labute approximate surface area is 148 Å². The first-order chi connectivity index (χ1) is 12.7. The van der Waals surface area contributed by atoms with Gasteiger partial charge in [0.25, 0.3) is 0 Å². The highest BCUT2D eigenvalue weighted by Crippen LogP contribution is 2.29. The summed E-state index contributed by atoms with van der Waals surface area (Å²) in [5.41, 5.74) is 7.24. The van der Waals surface area contributed by atoms with Gasteiger partial charge in [-0.1, -0.05) is 6.07 Å². The van der Waals surface area contributed by atoms with E-state index in [4.69, 9.17) is 19.9 Å². The smallest absolute Gasteiger partial charge is 0.328 e. The third-order valence-corrected chi connectivity index (χ3v) is 4.01. The zero-order chi connectivity index (χ0) is 18.1. The standard InChI is InChI=1S/C17H17N5O4/c1-24-11-5-4-10-8-12(11)25-6-2-3-7-26-16-20-14(18)13-15(21-16)22(9-10)17(23)19-13/h2,4-6,8H,3,7,9H2,1H3,(H,19,23)(H2,18,20,21). The van der Waals surface area contributed by atoms with Gasteiger partial charge in [-0.05, 0) is 23.8 Å². The zero-order valence-electron chi connectivity index (χ0n) is 14.1. The summed E-state index contributed by atoms with van der Waals surface area (Å²) in [5.74, 6) is 1.33. The van der Waals surface area contributed by atoms with E-state index in [1.807, 2.05) is 18.2 Å². The van der Waals surface area contributed by atoms with E-state index in [9.17, 15) is 4.79 Å². The molecule has 3 N–H and O–H groups in total. The molecule has 1 aliphatic heterocycles. The normalized spacial score (nSPS) is 13.9. The Kier molecular flexibility index (Phi) is 3.96. The number of rotatable bonds is 1. The van der Waals surface area contributed by atoms with Crippen molar-refractivity contribution in [1.82, 2.24) is 19.5 Å². The van der Waals surface area contributed by atoms with E-state index in [2.05, 4.69) is 15.0 Å². The highest BCUT2D eigenvalue weighted by molar-refractivity contribution is 5.81. The number of methoxy groups -OCH3 is 1. The third kappa shape index (κ3) is 2.83. The van der Waals surface area contributed by atoms with E-state index in [-0.39, 0.29) is 24.1 Å². The number of benzene rings is 1. The molecule has 9 nitrogen and oxygen atoms in total. The molecule has 2 aromatic heterocycles. The van der Waals surface area contributed by atoms with Gasteiger partial charge in [0.15, 0.2) is 23.0 Å². The monoisotopic (exact) mass is 355 g/mol. The van der Waals surface area contributed by atoms with Crippen molar-refractivity contribution in [1.29, 1.82) is 0 Å². The first-order valence-corrected chi connectivity index (χ1v) is 8.03. The molecule has 0 saturated heterocycles. The van der Waals surface area contributed by atoms with Crippen molar-refractivity contribution >= 4 is 17.0 Å². The molecule has 0 saturated carbocycles. The van der Waals surface area contributed by atoms with Gasteiger partial charge >= 0.3 is 11.7 Å². The number of H-pyrrole nitrogens is 1. The summed E-state index contributed by atoms with van der Waals surface area (Å²) in [6.45, 7) is 0.620. The van der Waals surface area contributed by atoms with Crippen LogP contribution in [0.4, 0.5) is 5.82 Å². The van der Waals surface area contributed by atoms with E-state index in [1.54, 1.807) is 19.4 Å². The average molecular weight is 355 g/mol. The van der Waals surface area contributed by atoms with Gasteiger partial charge in [-0.2, -0.15) is 9.97 Å². The lowest BCUT2D eigenvalue weighted by Gasteiger charge is -2.11. The minimum absolute atomic E-state index is 0.129. The van der Waals surface area contributed by atoms with Gasteiger partial charge < -0.3 is 24.9 Å². The summed E-state index contributed by atoms with van der Waals surface area (Å²) in [6, 6.07) is 5.60. The number of imidazole rings is 1. The SMILES string of the molecule is COc1ccc2cc1OC=CCCOc1nc(N)c3[nH]c(=O)n(c3n1)C2. The maximum Gasteiger partial charge on any atom is 0.328 e. The lowest BCUT2D eigenvalue weighted by atomic mass is 10.2. The van der Waals surface area contributed by atoms with E-state index in [1.165, 1.54) is 4.57 Å². The summed E-state index contributed by atoms with van der Waals surface area (Å²) in [7, 11) is 1.57. The van der Waals surface area contributed by atoms with Crippen LogP contribution >= 0.6 is 0 Å². The minimum atomic E-state index is -0.330. The number of ether oxygens (including phenoxy) is 3. The van der Waals surface area contributed by atoms with Crippen LogP contribution < -0.4 is 25.6 Å². The van der Waals surface area contributed by atoms with Crippen LogP contribution in [0, 0.1) is 0 Å². The highest BCUT2D eigenvalue weighted by atomic mass is 16.5. The van der Waals surface area contributed by atoms with Crippen LogP contribution in [0.2, 0.25) is 0 Å². The third-order valence-electron chi connectivity index (χ3n) is 4.01. The molecule has 0 spiro atoms. The molecule has 4 rings (SSSR count). The Morgan fingerprint density at radius 3 is 3.08 bits per heavy atom. The lowest BCUT2D eigenvalue weighted by molar-refractivity contribution is 0.299. The summed E-state index contributed by atoms with van der Waals surface area (Å²) in [5, 5.41) is 0. The van der Waals surface area contributed by atoms with Crippen LogP contribution in [-0.2, 0) is 6.54 Å². The predicted octanol–water partition coefficient (Wildman–Crippen LogP) is 1.43. The first kappa shape index (κ1) is 16.0. The largest absolute Gasteiger partial charge is 0.493 e. The molecule has 0 aliphatic carbocycles. The Balaban J connectivity index is 1.88. The van der Waals surface area contributed by atoms with Crippen LogP contribution in [0.25, 0.3) is 11.2 Å². The fourth-order valence-corrected chi connectivity index (χ4v) is 2.74. The molecule has 0 unspecified atom stereocenters. The summed E-state index contributed by atoms with van der Waals surface area (Å²) >= 11 is 0. The molecule has 0 radical (unpaired) electrons. The van der Waals surface area contributed by atoms with Crippen LogP contribution in [0.15, 0.2) is 35.3 Å². The van der Waals surface area contributed by atoms with Crippen LogP contribution in [-0.4, -0.2) is 33.2 Å². The topological polar surface area (TPSA) is 117 Å². The fourth-order valence-electron chi connectivity index (χ4n) is 2.74. The van der Waals surface area contributed by atoms with Gasteiger partial charge in [-0.3, -0.25) is 4.57 Å². The maximum absolute atomic E-state index is 12.4. The van der Waals surface area contributed by atoms with Crippen molar-refractivity contribution in [2.75, 3.05) is 19.5 Å². The number of nitrogen functional groups attached to an aromatic ring is 1. The lowest BCUT2D eigenvalue weighted by Crippen LogP contribution is -2.18. The number of hydrogen-bond acceptors (Lipinski definition) is 7. The van der Waals surface area contributed by atoms with E-state index in [0.29, 0.717) is 35.7 Å². The number of hydrogen-bond donors (Lipinski definition) is 2. The number of nitrogens with two attached hydrogens (primary N) is 1. The van der Waals surface area contributed by atoms with Gasteiger partial charge in [0.2, 0.25) is 0 Å². The number of aromatic nitrogens is 4. The first-order valence-electron chi connectivity index (χ1n) is 8.03. The van der Waals surface area contributed by atoms with Crippen molar-refractivity contribution in [2.24, 2.45) is 0 Å². The molecule has 134 valence electrons. The second-order valence-electron chi connectivity index (χ2n) is 5.72. The van der Waals surface area contributed by atoms with Crippen molar-refractivity contribution in [3.05, 3.63) is 46.6 Å². The average Bonchev–Trinajstić information content (AvgIpc) is 2.94. The predicted molar refractivity (Wildman–Crippen MR) is 94.5 cm³/mol. The molecule has 1 aromatic carbocycles. The summed E-state index contributed by atoms with van der Waals surface area (Å²) in [4.78, 5) is 23.5. The van der Waals surface area contributed by atoms with E-state index < -0.39 is 0 Å². The molecule has 3 aromatic rings. The van der Waals surface area contributed by atoms with Gasteiger partial charge in [-0.25, -0.2) is 4.79 Å². The number of nitrogens with zero attached hydrogens (tertiary/aromatic N) is 3. The molecule has 26 heavy (non-hydrogen) atoms. The fraction of sp³-hybridized carbons (Fsp3) is 0.235. The second kappa shape index (κ2) is 6.43. The Morgan fingerprint density at radius 1 is 1.35 bits per heavy atom. The van der Waals surface area contributed by atoms with Crippen molar-refractivity contribution in [2.45, 2.75) is 13.0 Å². The number of aromatic amines is 1. The molecular weight excluding hydrogens is 338 g/mol. The molecule has 1 aliphatic rings. The number of nitrogens with one attached hydrogen (secondary N) is 1. The molecule has 0 amide bonds. The van der Waals surface area contributed by atoms with Gasteiger partial charge in [0.1, 0.15) is 5.52 Å². The summed E-state index contributed by atoms with van der Waals surface area (Å²) in [6.07, 6.45) is 3.98. The van der Waals surface area contributed by atoms with Crippen LogP contribution in [0.1, 0.15) is 12.0 Å². The molecule has 0 atom stereocenters. The maximum atomic E-state index is 12.4. The zero-order valence-corrected chi connectivity index (χ0v) is 14.1. The molecule has 4 bridgehead atoms. The summed E-state index contributed by atoms with van der Waals surface area (Å²) < 4.78 is 18.0.